The molecule has 108 valence electrons. The largest absolute Gasteiger partial charge is 0.394 e. The Bertz CT molecular complexity index is 409. The molecule has 1 heterocycles. The number of aliphatic hydroxyl groups is 4. The summed E-state index contributed by atoms with van der Waals surface area (Å²) < 4.78 is 0. The zero-order valence-corrected chi connectivity index (χ0v) is 9.80. The lowest BCUT2D eigenvalue weighted by Crippen LogP contribution is -2.40. The molecule has 0 aliphatic rings. The number of hydrogen-bond acceptors (Lipinski definition) is 8. The van der Waals surface area contributed by atoms with Crippen LogP contribution in [0.15, 0.2) is 6.33 Å². The van der Waals surface area contributed by atoms with E-state index in [2.05, 4.69) is 9.97 Å². The second-order valence-electron chi connectivity index (χ2n) is 3.39. The summed E-state index contributed by atoms with van der Waals surface area (Å²) in [5.74, 6) is -0.451. The van der Waals surface area contributed by atoms with Crippen LogP contribution in [0.4, 0.5) is 5.82 Å². The number of nitrogen functional groups attached to an aromatic ring is 1. The number of anilines is 1. The standard InChI is InChI=1S/C5H10O5.C4H6N4O/c6-1-3(8)5(10)4(9)2-7;5-3-2(4(6)9)7-1-8-3/h1,3-5,7-10H,2H2;1H,5H2,(H2,6,9)(H,7,8). The van der Waals surface area contributed by atoms with Crippen LogP contribution in [0.3, 0.4) is 0 Å². The van der Waals surface area contributed by atoms with Gasteiger partial charge in [-0.15, -0.1) is 0 Å². The Kier molecular flexibility index (Phi) is 7.29. The van der Waals surface area contributed by atoms with E-state index in [0.29, 0.717) is 0 Å². The Morgan fingerprint density at radius 3 is 2.32 bits per heavy atom. The van der Waals surface area contributed by atoms with Gasteiger partial charge < -0.3 is 41.7 Å². The van der Waals surface area contributed by atoms with E-state index >= 15 is 0 Å². The number of hydrogen-bond donors (Lipinski definition) is 7. The molecule has 1 aromatic heterocycles. The third-order valence-electron chi connectivity index (χ3n) is 1.99. The smallest absolute Gasteiger partial charge is 0.269 e. The van der Waals surface area contributed by atoms with Gasteiger partial charge in [0, 0.05) is 0 Å². The first-order valence-corrected chi connectivity index (χ1v) is 5.04. The quantitative estimate of drug-likeness (QED) is 0.267. The molecule has 0 spiro atoms. The maximum Gasteiger partial charge on any atom is 0.269 e. The number of aliphatic hydroxyl groups excluding tert-OH is 4. The Labute approximate surface area is 107 Å². The van der Waals surface area contributed by atoms with Crippen molar-refractivity contribution in [1.82, 2.24) is 9.97 Å². The average molecular weight is 276 g/mol. The van der Waals surface area contributed by atoms with Crippen LogP contribution >= 0.6 is 0 Å². The van der Waals surface area contributed by atoms with E-state index in [1.54, 1.807) is 0 Å². The number of imidazole rings is 1. The number of nitrogens with two attached hydrogens (primary N) is 2. The van der Waals surface area contributed by atoms with Gasteiger partial charge in [-0.05, 0) is 0 Å². The number of carbonyl (C=O) groups is 2. The second-order valence-corrected chi connectivity index (χ2v) is 3.39. The van der Waals surface area contributed by atoms with Crippen molar-refractivity contribution in [3.8, 4) is 0 Å². The van der Waals surface area contributed by atoms with Gasteiger partial charge >= 0.3 is 0 Å². The van der Waals surface area contributed by atoms with Gasteiger partial charge in [0.25, 0.3) is 5.91 Å². The third-order valence-corrected chi connectivity index (χ3v) is 1.99. The topological polar surface area (TPSA) is 196 Å². The van der Waals surface area contributed by atoms with Crippen LogP contribution in [0.25, 0.3) is 0 Å². The summed E-state index contributed by atoms with van der Waals surface area (Å²) in [6.07, 6.45) is -3.32. The van der Waals surface area contributed by atoms with Crippen molar-refractivity contribution >= 4 is 18.0 Å². The van der Waals surface area contributed by atoms with Crippen LogP contribution in [-0.4, -0.2) is 67.5 Å². The SMILES string of the molecule is NC(=O)c1[nH]cnc1N.O=CC(O)C(O)C(O)CO. The summed E-state index contributed by atoms with van der Waals surface area (Å²) in [4.78, 5) is 26.2. The lowest BCUT2D eigenvalue weighted by atomic mass is 10.1. The molecule has 0 aliphatic carbocycles. The highest BCUT2D eigenvalue weighted by atomic mass is 16.4. The van der Waals surface area contributed by atoms with Gasteiger partial charge in [-0.25, -0.2) is 4.98 Å². The van der Waals surface area contributed by atoms with Gasteiger partial charge in [0.2, 0.25) is 0 Å². The molecule has 3 atom stereocenters. The molecule has 1 amide bonds. The summed E-state index contributed by atoms with van der Waals surface area (Å²) in [6.45, 7) is -0.688. The number of amides is 1. The molecular weight excluding hydrogens is 260 g/mol. The van der Waals surface area contributed by atoms with Crippen LogP contribution in [0.1, 0.15) is 10.5 Å². The van der Waals surface area contributed by atoms with Crippen LogP contribution in [0.5, 0.6) is 0 Å². The van der Waals surface area contributed by atoms with Crippen molar-refractivity contribution in [2.24, 2.45) is 5.73 Å². The van der Waals surface area contributed by atoms with Gasteiger partial charge in [-0.1, -0.05) is 0 Å². The molecule has 0 aromatic carbocycles. The van der Waals surface area contributed by atoms with Crippen molar-refractivity contribution < 1.29 is 30.0 Å². The highest BCUT2D eigenvalue weighted by Gasteiger charge is 2.22. The molecule has 0 saturated heterocycles. The summed E-state index contributed by atoms with van der Waals surface area (Å²) >= 11 is 0. The predicted octanol–water partition coefficient (Wildman–Crippen LogP) is -3.65. The first-order chi connectivity index (χ1) is 8.84. The second kappa shape index (κ2) is 8.16. The molecule has 1 rings (SSSR count). The number of aromatic amines is 1. The Morgan fingerprint density at radius 1 is 1.47 bits per heavy atom. The molecule has 10 heteroatoms. The molecule has 0 radical (unpaired) electrons. The van der Waals surface area contributed by atoms with Crippen LogP contribution in [0, 0.1) is 0 Å². The summed E-state index contributed by atoms with van der Waals surface area (Å²) in [5, 5.41) is 34.1. The zero-order chi connectivity index (χ0) is 15.0. The zero-order valence-electron chi connectivity index (χ0n) is 9.80. The molecule has 0 aliphatic heterocycles. The fourth-order valence-electron chi connectivity index (χ4n) is 0.918. The van der Waals surface area contributed by atoms with Crippen LogP contribution in [0.2, 0.25) is 0 Å². The number of rotatable bonds is 5. The predicted molar refractivity (Wildman–Crippen MR) is 62.7 cm³/mol. The first-order valence-electron chi connectivity index (χ1n) is 5.04. The van der Waals surface area contributed by atoms with E-state index in [1.807, 2.05) is 0 Å². The Balaban J connectivity index is 0.000000342. The van der Waals surface area contributed by atoms with Gasteiger partial charge in [-0.2, -0.15) is 0 Å². The van der Waals surface area contributed by atoms with E-state index < -0.39 is 30.8 Å². The lowest BCUT2D eigenvalue weighted by Gasteiger charge is -2.16. The van der Waals surface area contributed by atoms with E-state index in [1.165, 1.54) is 6.33 Å². The molecule has 10 nitrogen and oxygen atoms in total. The number of nitrogens with zero attached hydrogens (tertiary/aromatic N) is 1. The minimum atomic E-state index is -1.64. The van der Waals surface area contributed by atoms with Crippen LogP contribution in [-0.2, 0) is 4.79 Å². The molecule has 19 heavy (non-hydrogen) atoms. The maximum absolute atomic E-state index is 10.4. The average Bonchev–Trinajstić information content (AvgIpc) is 2.83. The van der Waals surface area contributed by atoms with Crippen molar-refractivity contribution in [3.05, 3.63) is 12.0 Å². The highest BCUT2D eigenvalue weighted by molar-refractivity contribution is 5.94. The monoisotopic (exact) mass is 276 g/mol. The van der Waals surface area contributed by atoms with E-state index in [0.717, 1.165) is 0 Å². The molecule has 3 unspecified atom stereocenters. The fourth-order valence-corrected chi connectivity index (χ4v) is 0.918. The minimum absolute atomic E-state index is 0.0869. The summed E-state index contributed by atoms with van der Waals surface area (Å²) in [6, 6.07) is 0. The molecule has 0 bridgehead atoms. The van der Waals surface area contributed by atoms with Crippen molar-refractivity contribution in [3.63, 3.8) is 0 Å². The molecule has 0 saturated carbocycles. The number of carbonyl (C=O) groups excluding carboxylic acids is 2. The lowest BCUT2D eigenvalue weighted by molar-refractivity contribution is -0.127. The number of H-pyrrole nitrogens is 1. The highest BCUT2D eigenvalue weighted by Crippen LogP contribution is 2.00. The number of aldehydes is 1. The third kappa shape index (κ3) is 5.44. The molecule has 9 N–H and O–H groups in total. The van der Waals surface area contributed by atoms with Gasteiger partial charge in [0.1, 0.15) is 24.0 Å². The maximum atomic E-state index is 10.4. The first kappa shape index (κ1) is 17.0. The Hall–Kier alpha value is -2.01. The number of nitrogens with one attached hydrogen (secondary N) is 1. The minimum Gasteiger partial charge on any atom is -0.394 e. The van der Waals surface area contributed by atoms with E-state index in [4.69, 9.17) is 31.9 Å². The Morgan fingerprint density at radius 2 is 2.05 bits per heavy atom. The summed E-state index contributed by atoms with van der Waals surface area (Å²) in [5.41, 5.74) is 10.2. The molecule has 0 fully saturated rings. The number of aromatic nitrogens is 2. The van der Waals surface area contributed by atoms with E-state index in [9.17, 15) is 9.59 Å². The van der Waals surface area contributed by atoms with Crippen molar-refractivity contribution in [2.75, 3.05) is 12.3 Å². The van der Waals surface area contributed by atoms with Crippen molar-refractivity contribution in [1.29, 1.82) is 0 Å². The molecule has 1 aromatic rings. The summed E-state index contributed by atoms with van der Waals surface area (Å²) in [7, 11) is 0. The van der Waals surface area contributed by atoms with Gasteiger partial charge in [-0.3, -0.25) is 4.79 Å². The van der Waals surface area contributed by atoms with Gasteiger partial charge in [0.15, 0.2) is 12.1 Å². The van der Waals surface area contributed by atoms with Crippen LogP contribution < -0.4 is 11.5 Å². The molecular formula is C9H16N4O6. The number of primary amides is 1. The van der Waals surface area contributed by atoms with Crippen molar-refractivity contribution in [2.45, 2.75) is 18.3 Å². The van der Waals surface area contributed by atoms with E-state index in [-0.39, 0.29) is 17.8 Å². The normalized spacial score (nSPS) is 14.7. The van der Waals surface area contributed by atoms with Gasteiger partial charge in [0.05, 0.1) is 12.9 Å². The fraction of sp³-hybridized carbons (Fsp3) is 0.444.